The van der Waals surface area contributed by atoms with Crippen molar-refractivity contribution in [2.24, 2.45) is 0 Å². The van der Waals surface area contributed by atoms with Crippen LogP contribution in [0.3, 0.4) is 0 Å². The van der Waals surface area contributed by atoms with Crippen molar-refractivity contribution in [3.8, 4) is 5.75 Å². The number of ether oxygens (including phenoxy) is 1. The number of alkyl halides is 6. The third-order valence-electron chi connectivity index (χ3n) is 4.56. The second kappa shape index (κ2) is 14.5. The summed E-state index contributed by atoms with van der Waals surface area (Å²) in [7, 11) is 0. The number of rotatable bonds is 5. The van der Waals surface area contributed by atoms with Gasteiger partial charge in [-0.2, -0.15) is 26.3 Å². The fourth-order valence-electron chi connectivity index (χ4n) is 2.79. The van der Waals surface area contributed by atoms with E-state index in [1.165, 1.54) is 0 Å². The molecule has 0 unspecified atom stereocenters. The molecule has 0 saturated carbocycles. The van der Waals surface area contributed by atoms with Crippen molar-refractivity contribution >= 4 is 23.5 Å². The van der Waals surface area contributed by atoms with Gasteiger partial charge in [0.2, 0.25) is 0 Å². The Balaban J connectivity index is 0.000000383. The summed E-state index contributed by atoms with van der Waals surface area (Å²) in [5.41, 5.74) is 1.16. The standard InChI is InChI=1S/C18H21ClN2O.2C2HF3O2/c19-17-6-1-2-7-18(17)22-16-9-13-21(14-10-16)12-8-15-5-3-4-11-20-15;2*3-2(4,5)1(6)7/h1-7,11,16H,8-10,12-14H2;2*(H,6,7). The highest BCUT2D eigenvalue weighted by atomic mass is 35.5. The van der Waals surface area contributed by atoms with Gasteiger partial charge in [0.25, 0.3) is 0 Å². The molecular formula is C22H23ClF6N2O5. The van der Waals surface area contributed by atoms with E-state index in [1.54, 1.807) is 0 Å². The average Bonchev–Trinajstić information content (AvgIpc) is 2.80. The molecule has 200 valence electrons. The van der Waals surface area contributed by atoms with Crippen molar-refractivity contribution in [1.29, 1.82) is 0 Å². The van der Waals surface area contributed by atoms with Crippen molar-refractivity contribution in [3.63, 3.8) is 0 Å². The monoisotopic (exact) mass is 544 g/mol. The number of pyridine rings is 1. The number of aromatic nitrogens is 1. The quantitative estimate of drug-likeness (QED) is 0.506. The van der Waals surface area contributed by atoms with E-state index in [4.69, 9.17) is 36.1 Å². The van der Waals surface area contributed by atoms with Crippen LogP contribution in [0.4, 0.5) is 26.3 Å². The SMILES string of the molecule is Clc1ccccc1OC1CCN(CCc2ccccn2)CC1.O=C(O)C(F)(F)F.O=C(O)C(F)(F)F. The molecule has 1 aromatic carbocycles. The number of halogens is 7. The normalized spacial score (nSPS) is 14.5. The molecule has 1 aliphatic heterocycles. The minimum atomic E-state index is -5.08. The fraction of sp³-hybridized carbons (Fsp3) is 0.409. The molecule has 1 saturated heterocycles. The Kier molecular flexibility index (Phi) is 12.5. The second-order valence-corrected chi connectivity index (χ2v) is 7.67. The van der Waals surface area contributed by atoms with Crippen LogP contribution in [0.5, 0.6) is 5.75 Å². The number of benzene rings is 1. The molecule has 0 radical (unpaired) electrons. The maximum atomic E-state index is 10.6. The molecule has 3 rings (SSSR count). The van der Waals surface area contributed by atoms with Crippen LogP contribution in [0.25, 0.3) is 0 Å². The van der Waals surface area contributed by atoms with Crippen molar-refractivity contribution in [1.82, 2.24) is 9.88 Å². The van der Waals surface area contributed by atoms with E-state index in [0.29, 0.717) is 5.02 Å². The number of likely N-dealkylation sites (tertiary alicyclic amines) is 1. The summed E-state index contributed by atoms with van der Waals surface area (Å²) in [6, 6.07) is 13.8. The van der Waals surface area contributed by atoms with Crippen LogP contribution in [0.1, 0.15) is 18.5 Å². The van der Waals surface area contributed by atoms with Crippen LogP contribution in [0.2, 0.25) is 5.02 Å². The Morgan fingerprint density at radius 1 is 0.944 bits per heavy atom. The molecular weight excluding hydrogens is 522 g/mol. The number of carbonyl (C=O) groups is 2. The largest absolute Gasteiger partial charge is 0.490 e. The number of para-hydroxylation sites is 1. The zero-order valence-corrected chi connectivity index (χ0v) is 19.4. The van der Waals surface area contributed by atoms with Gasteiger partial charge < -0.3 is 19.8 Å². The van der Waals surface area contributed by atoms with Gasteiger partial charge in [-0.25, -0.2) is 9.59 Å². The Morgan fingerprint density at radius 2 is 1.44 bits per heavy atom. The van der Waals surface area contributed by atoms with Crippen molar-refractivity contribution in [2.45, 2.75) is 37.7 Å². The summed E-state index contributed by atoms with van der Waals surface area (Å²) in [6.07, 6.45) is -4.93. The number of hydrogen-bond acceptors (Lipinski definition) is 5. The lowest BCUT2D eigenvalue weighted by atomic mass is 10.1. The number of piperidine rings is 1. The van der Waals surface area contributed by atoms with Crippen LogP contribution in [-0.4, -0.2) is 70.1 Å². The van der Waals surface area contributed by atoms with E-state index in [-0.39, 0.29) is 6.10 Å². The molecule has 1 aliphatic rings. The van der Waals surface area contributed by atoms with Crippen LogP contribution in [-0.2, 0) is 16.0 Å². The maximum Gasteiger partial charge on any atom is 0.490 e. The van der Waals surface area contributed by atoms with Gasteiger partial charge >= 0.3 is 24.3 Å². The predicted molar refractivity (Wildman–Crippen MR) is 117 cm³/mol. The fourth-order valence-corrected chi connectivity index (χ4v) is 2.97. The zero-order valence-electron chi connectivity index (χ0n) is 18.6. The van der Waals surface area contributed by atoms with Gasteiger partial charge in [-0.15, -0.1) is 0 Å². The second-order valence-electron chi connectivity index (χ2n) is 7.27. The third-order valence-corrected chi connectivity index (χ3v) is 4.87. The summed E-state index contributed by atoms with van der Waals surface area (Å²) < 4.78 is 69.5. The van der Waals surface area contributed by atoms with Crippen LogP contribution >= 0.6 is 11.6 Å². The number of carboxylic acids is 2. The number of aliphatic carboxylic acids is 2. The van der Waals surface area contributed by atoms with Crippen molar-refractivity contribution in [2.75, 3.05) is 19.6 Å². The van der Waals surface area contributed by atoms with Gasteiger partial charge in [0.15, 0.2) is 0 Å². The first-order valence-corrected chi connectivity index (χ1v) is 10.7. The van der Waals surface area contributed by atoms with E-state index in [0.717, 1.165) is 50.3 Å². The molecule has 0 amide bonds. The first-order chi connectivity index (χ1) is 16.7. The first-order valence-electron chi connectivity index (χ1n) is 10.3. The minimum Gasteiger partial charge on any atom is -0.489 e. The lowest BCUT2D eigenvalue weighted by Gasteiger charge is -2.32. The molecule has 7 nitrogen and oxygen atoms in total. The van der Waals surface area contributed by atoms with Gasteiger partial charge in [0, 0.05) is 37.9 Å². The molecule has 1 fully saturated rings. The Bertz CT molecular complexity index is 928. The molecule has 2 aromatic rings. The van der Waals surface area contributed by atoms with Crippen LogP contribution < -0.4 is 4.74 Å². The highest BCUT2D eigenvalue weighted by Gasteiger charge is 2.38. The highest BCUT2D eigenvalue weighted by Crippen LogP contribution is 2.26. The zero-order chi connectivity index (χ0) is 27.4. The third kappa shape index (κ3) is 12.6. The molecule has 2 N–H and O–H groups in total. The molecule has 1 aromatic heterocycles. The number of hydrogen-bond donors (Lipinski definition) is 2. The maximum absolute atomic E-state index is 10.6. The Morgan fingerprint density at radius 3 is 1.89 bits per heavy atom. The minimum absolute atomic E-state index is 0.269. The lowest BCUT2D eigenvalue weighted by molar-refractivity contribution is -0.193. The van der Waals surface area contributed by atoms with E-state index in [2.05, 4.69) is 16.0 Å². The van der Waals surface area contributed by atoms with E-state index in [9.17, 15) is 26.3 Å². The van der Waals surface area contributed by atoms with E-state index >= 15 is 0 Å². The smallest absolute Gasteiger partial charge is 0.489 e. The van der Waals surface area contributed by atoms with Crippen LogP contribution in [0.15, 0.2) is 48.7 Å². The van der Waals surface area contributed by atoms with Crippen molar-refractivity contribution in [3.05, 3.63) is 59.4 Å². The molecule has 0 aliphatic carbocycles. The molecule has 14 heteroatoms. The van der Waals surface area contributed by atoms with Gasteiger partial charge in [0.1, 0.15) is 11.9 Å². The molecule has 36 heavy (non-hydrogen) atoms. The summed E-state index contributed by atoms with van der Waals surface area (Å²) in [5.74, 6) is -4.71. The van der Waals surface area contributed by atoms with E-state index in [1.807, 2.05) is 42.6 Å². The van der Waals surface area contributed by atoms with Gasteiger partial charge in [-0.05, 0) is 37.1 Å². The Hall–Kier alpha value is -3.06. The number of nitrogens with zero attached hydrogens (tertiary/aromatic N) is 2. The Labute approximate surface area is 207 Å². The summed E-state index contributed by atoms with van der Waals surface area (Å²) in [4.78, 5) is 24.7. The van der Waals surface area contributed by atoms with Crippen molar-refractivity contribution < 1.29 is 50.9 Å². The average molecular weight is 545 g/mol. The predicted octanol–water partition coefficient (Wildman–Crippen LogP) is 5.09. The molecule has 0 spiro atoms. The van der Waals surface area contributed by atoms with E-state index < -0.39 is 24.3 Å². The summed E-state index contributed by atoms with van der Waals surface area (Å²) in [5, 5.41) is 14.9. The summed E-state index contributed by atoms with van der Waals surface area (Å²) in [6.45, 7) is 3.21. The summed E-state index contributed by atoms with van der Waals surface area (Å²) >= 11 is 6.15. The molecule has 0 atom stereocenters. The topological polar surface area (TPSA) is 100.0 Å². The van der Waals surface area contributed by atoms with Gasteiger partial charge in [0.05, 0.1) is 5.02 Å². The number of carboxylic acid groups (broad SMARTS) is 2. The highest BCUT2D eigenvalue weighted by molar-refractivity contribution is 6.32. The molecule has 0 bridgehead atoms. The van der Waals surface area contributed by atoms with Gasteiger partial charge in [-0.1, -0.05) is 29.8 Å². The molecule has 2 heterocycles. The first kappa shape index (κ1) is 31.0. The van der Waals surface area contributed by atoms with Crippen LogP contribution in [0, 0.1) is 0 Å². The van der Waals surface area contributed by atoms with Gasteiger partial charge in [-0.3, -0.25) is 4.98 Å². The lowest BCUT2D eigenvalue weighted by Crippen LogP contribution is -2.39.